The van der Waals surface area contributed by atoms with E-state index in [4.69, 9.17) is 4.74 Å². The van der Waals surface area contributed by atoms with E-state index in [1.807, 2.05) is 0 Å². The van der Waals surface area contributed by atoms with Crippen molar-refractivity contribution in [3.8, 4) is 0 Å². The first kappa shape index (κ1) is 12.4. The van der Waals surface area contributed by atoms with Gasteiger partial charge in [-0.25, -0.2) is 0 Å². The van der Waals surface area contributed by atoms with Gasteiger partial charge in [-0.05, 0) is 18.8 Å². The van der Waals surface area contributed by atoms with Crippen molar-refractivity contribution < 1.29 is 9.84 Å². The first-order valence-electron chi connectivity index (χ1n) is 6.89. The van der Waals surface area contributed by atoms with Crippen LogP contribution in [0.3, 0.4) is 0 Å². The van der Waals surface area contributed by atoms with Gasteiger partial charge in [-0.15, -0.1) is 0 Å². The summed E-state index contributed by atoms with van der Waals surface area (Å²) in [6.45, 7) is 6.51. The second kappa shape index (κ2) is 4.66. The maximum atomic E-state index is 9.72. The van der Waals surface area contributed by atoms with Crippen LogP contribution in [0.4, 0.5) is 0 Å². The summed E-state index contributed by atoms with van der Waals surface area (Å²) >= 11 is 0. The molecule has 0 spiro atoms. The van der Waals surface area contributed by atoms with E-state index >= 15 is 0 Å². The molecule has 94 valence electrons. The number of ether oxygens (including phenoxy) is 1. The van der Waals surface area contributed by atoms with Crippen molar-refractivity contribution in [3.05, 3.63) is 0 Å². The summed E-state index contributed by atoms with van der Waals surface area (Å²) < 4.78 is 6.26. The second-order valence-electron chi connectivity index (χ2n) is 6.19. The molecule has 16 heavy (non-hydrogen) atoms. The lowest BCUT2D eigenvalue weighted by molar-refractivity contribution is -0.207. The molecule has 0 heterocycles. The van der Waals surface area contributed by atoms with Crippen LogP contribution < -0.4 is 0 Å². The summed E-state index contributed by atoms with van der Waals surface area (Å²) in [4.78, 5) is 0. The van der Waals surface area contributed by atoms with Crippen molar-refractivity contribution in [2.45, 2.75) is 77.6 Å². The normalized spacial score (nSPS) is 42.8. The van der Waals surface area contributed by atoms with E-state index in [0.717, 1.165) is 12.3 Å². The highest BCUT2D eigenvalue weighted by Crippen LogP contribution is 2.45. The molecule has 0 aromatic carbocycles. The quantitative estimate of drug-likeness (QED) is 0.801. The van der Waals surface area contributed by atoms with Crippen LogP contribution in [-0.4, -0.2) is 23.4 Å². The molecule has 0 aromatic rings. The Bertz CT molecular complexity index is 237. The highest BCUT2D eigenvalue weighted by Gasteiger charge is 2.49. The molecule has 2 fully saturated rings. The zero-order valence-corrected chi connectivity index (χ0v) is 10.9. The number of hydrogen-bond donors (Lipinski definition) is 1. The van der Waals surface area contributed by atoms with Gasteiger partial charge < -0.3 is 9.84 Å². The third-order valence-corrected chi connectivity index (χ3v) is 4.83. The zero-order valence-electron chi connectivity index (χ0n) is 10.9. The van der Waals surface area contributed by atoms with E-state index in [0.29, 0.717) is 6.10 Å². The van der Waals surface area contributed by atoms with Crippen molar-refractivity contribution in [3.63, 3.8) is 0 Å². The van der Waals surface area contributed by atoms with Crippen LogP contribution in [-0.2, 0) is 4.74 Å². The summed E-state index contributed by atoms with van der Waals surface area (Å²) in [5, 5.41) is 9.72. The third kappa shape index (κ3) is 2.14. The molecule has 0 saturated heterocycles. The van der Waals surface area contributed by atoms with Gasteiger partial charge in [0.1, 0.15) is 0 Å². The molecule has 1 N–H and O–H groups in total. The molecule has 2 heteroatoms. The molecule has 2 aliphatic rings. The number of hydrogen-bond acceptors (Lipinski definition) is 2. The van der Waals surface area contributed by atoms with Crippen LogP contribution in [0, 0.1) is 11.3 Å². The Morgan fingerprint density at radius 3 is 2.50 bits per heavy atom. The fraction of sp³-hybridized carbons (Fsp3) is 1.00. The largest absolute Gasteiger partial charge is 0.392 e. The Kier molecular flexibility index (Phi) is 3.60. The van der Waals surface area contributed by atoms with Crippen molar-refractivity contribution in [2.75, 3.05) is 0 Å². The molecule has 4 unspecified atom stereocenters. The highest BCUT2D eigenvalue weighted by molar-refractivity contribution is 4.99. The lowest BCUT2D eigenvalue weighted by Gasteiger charge is -2.51. The minimum absolute atomic E-state index is 0.0320. The lowest BCUT2D eigenvalue weighted by atomic mass is 9.66. The van der Waals surface area contributed by atoms with Crippen LogP contribution >= 0.6 is 0 Å². The van der Waals surface area contributed by atoms with Crippen molar-refractivity contribution in [1.82, 2.24) is 0 Å². The molecule has 4 atom stereocenters. The van der Waals surface area contributed by atoms with Crippen LogP contribution in [0.2, 0.25) is 0 Å². The summed E-state index contributed by atoms with van der Waals surface area (Å²) in [7, 11) is 0. The summed E-state index contributed by atoms with van der Waals surface area (Å²) in [6.07, 6.45) is 7.88. The van der Waals surface area contributed by atoms with Crippen LogP contribution in [0.25, 0.3) is 0 Å². The minimum atomic E-state index is -0.166. The molecule has 2 aliphatic carbocycles. The van der Waals surface area contributed by atoms with Gasteiger partial charge in [0.05, 0.1) is 18.3 Å². The molecular formula is C14H26O2. The smallest absolute Gasteiger partial charge is 0.0679 e. The molecular weight excluding hydrogens is 200 g/mol. The maximum Gasteiger partial charge on any atom is 0.0679 e. The molecule has 2 saturated carbocycles. The second-order valence-corrected chi connectivity index (χ2v) is 6.19. The standard InChI is InChI=1S/C14H26O2/c1-4-10-7-5-6-8-11(10)16-13-9-12(15)14(13,2)3/h10-13,15H,4-9H2,1-3H3. The zero-order chi connectivity index (χ0) is 11.8. The van der Waals surface area contributed by atoms with Crippen molar-refractivity contribution >= 4 is 0 Å². The van der Waals surface area contributed by atoms with Gasteiger partial charge in [0.25, 0.3) is 0 Å². The van der Waals surface area contributed by atoms with Crippen molar-refractivity contribution in [2.24, 2.45) is 11.3 Å². The number of rotatable bonds is 3. The summed E-state index contributed by atoms with van der Waals surface area (Å²) in [6, 6.07) is 0. The van der Waals surface area contributed by atoms with Crippen LogP contribution in [0.5, 0.6) is 0 Å². The monoisotopic (exact) mass is 226 g/mol. The van der Waals surface area contributed by atoms with E-state index in [-0.39, 0.29) is 17.6 Å². The van der Waals surface area contributed by atoms with Gasteiger partial charge in [0, 0.05) is 11.8 Å². The molecule has 0 aromatic heterocycles. The van der Waals surface area contributed by atoms with Gasteiger partial charge in [-0.3, -0.25) is 0 Å². The third-order valence-electron chi connectivity index (χ3n) is 4.83. The van der Waals surface area contributed by atoms with E-state index in [1.165, 1.54) is 32.1 Å². The van der Waals surface area contributed by atoms with E-state index < -0.39 is 0 Å². The molecule has 0 bridgehead atoms. The van der Waals surface area contributed by atoms with E-state index in [1.54, 1.807) is 0 Å². The van der Waals surface area contributed by atoms with Crippen molar-refractivity contribution in [1.29, 1.82) is 0 Å². The fourth-order valence-corrected chi connectivity index (χ4v) is 3.13. The predicted molar refractivity (Wildman–Crippen MR) is 65.3 cm³/mol. The Hall–Kier alpha value is -0.0800. The lowest BCUT2D eigenvalue weighted by Crippen LogP contribution is -2.56. The van der Waals surface area contributed by atoms with Gasteiger partial charge >= 0.3 is 0 Å². The summed E-state index contributed by atoms with van der Waals surface area (Å²) in [5.41, 5.74) is -0.0320. The Labute approximate surface area is 99.4 Å². The molecule has 0 amide bonds. The first-order valence-corrected chi connectivity index (χ1v) is 6.89. The average molecular weight is 226 g/mol. The number of aliphatic hydroxyl groups is 1. The average Bonchev–Trinajstić information content (AvgIpc) is 2.29. The Morgan fingerprint density at radius 1 is 1.25 bits per heavy atom. The maximum absolute atomic E-state index is 9.72. The SMILES string of the molecule is CCC1CCCCC1OC1CC(O)C1(C)C. The molecule has 0 radical (unpaired) electrons. The molecule has 0 aliphatic heterocycles. The number of aliphatic hydroxyl groups excluding tert-OH is 1. The molecule has 2 rings (SSSR count). The molecule has 2 nitrogen and oxygen atoms in total. The first-order chi connectivity index (χ1) is 7.55. The van der Waals surface area contributed by atoms with Crippen LogP contribution in [0.15, 0.2) is 0 Å². The van der Waals surface area contributed by atoms with Gasteiger partial charge in [-0.2, -0.15) is 0 Å². The topological polar surface area (TPSA) is 29.5 Å². The highest BCUT2D eigenvalue weighted by atomic mass is 16.5. The van der Waals surface area contributed by atoms with Crippen LogP contribution in [0.1, 0.15) is 59.3 Å². The minimum Gasteiger partial charge on any atom is -0.392 e. The van der Waals surface area contributed by atoms with E-state index in [2.05, 4.69) is 20.8 Å². The van der Waals surface area contributed by atoms with Gasteiger partial charge in [-0.1, -0.05) is 40.0 Å². The van der Waals surface area contributed by atoms with E-state index in [9.17, 15) is 5.11 Å². The summed E-state index contributed by atoms with van der Waals surface area (Å²) in [5.74, 6) is 0.752. The van der Waals surface area contributed by atoms with Gasteiger partial charge in [0.15, 0.2) is 0 Å². The predicted octanol–water partition coefficient (Wildman–Crippen LogP) is 3.13. The van der Waals surface area contributed by atoms with Gasteiger partial charge in [0.2, 0.25) is 0 Å². The Balaban J connectivity index is 1.89. The fourth-order valence-electron chi connectivity index (χ4n) is 3.13. The Morgan fingerprint density at radius 2 is 1.94 bits per heavy atom.